The van der Waals surface area contributed by atoms with Crippen molar-refractivity contribution in [3.05, 3.63) is 30.4 Å². The molecule has 0 radical (unpaired) electrons. The summed E-state index contributed by atoms with van der Waals surface area (Å²) in [4.78, 5) is 8.51. The van der Waals surface area contributed by atoms with E-state index in [9.17, 15) is 5.11 Å². The van der Waals surface area contributed by atoms with Gasteiger partial charge in [0.2, 0.25) is 5.82 Å². The van der Waals surface area contributed by atoms with Crippen molar-refractivity contribution in [2.45, 2.75) is 25.4 Å². The van der Waals surface area contributed by atoms with E-state index in [1.807, 2.05) is 0 Å². The van der Waals surface area contributed by atoms with E-state index in [0.717, 1.165) is 12.8 Å². The fourth-order valence-corrected chi connectivity index (χ4v) is 2.36. The third-order valence-electron chi connectivity index (χ3n) is 3.75. The average Bonchev–Trinajstić information content (AvgIpc) is 3.01. The highest BCUT2D eigenvalue weighted by molar-refractivity contribution is 5.54. The topological polar surface area (TPSA) is 89.3 Å². The van der Waals surface area contributed by atoms with Crippen LogP contribution in [-0.4, -0.2) is 29.8 Å². The molecule has 0 bridgehead atoms. The van der Waals surface area contributed by atoms with Crippen molar-refractivity contribution < 1.29 is 9.63 Å². The Bertz CT molecular complexity index is 772. The molecule has 3 aromatic heterocycles. The summed E-state index contributed by atoms with van der Waals surface area (Å²) in [5.74, 6) is 0.863. The van der Waals surface area contributed by atoms with E-state index in [1.165, 1.54) is 0 Å². The van der Waals surface area contributed by atoms with Crippen LogP contribution in [0.3, 0.4) is 0 Å². The Morgan fingerprint density at radius 1 is 1.35 bits per heavy atom. The second-order valence-corrected chi connectivity index (χ2v) is 5.28. The van der Waals surface area contributed by atoms with Crippen molar-refractivity contribution in [1.29, 1.82) is 0 Å². The molecular formula is C13H13N5O2. The Kier molecular flexibility index (Phi) is 2.23. The van der Waals surface area contributed by atoms with Crippen molar-refractivity contribution in [2.75, 3.05) is 0 Å². The van der Waals surface area contributed by atoms with Crippen LogP contribution in [0.1, 0.15) is 25.7 Å². The minimum absolute atomic E-state index is 0.206. The highest BCUT2D eigenvalue weighted by Crippen LogP contribution is 2.45. The minimum atomic E-state index is -1.05. The van der Waals surface area contributed by atoms with Crippen LogP contribution in [0.4, 0.5) is 0 Å². The van der Waals surface area contributed by atoms with Gasteiger partial charge in [-0.05, 0) is 31.7 Å². The number of hydrogen-bond acceptors (Lipinski definition) is 6. The Hall–Kier alpha value is -2.28. The maximum Gasteiger partial charge on any atom is 0.258 e. The Labute approximate surface area is 114 Å². The first-order valence-corrected chi connectivity index (χ1v) is 6.52. The molecule has 3 aromatic rings. The zero-order valence-electron chi connectivity index (χ0n) is 10.9. The van der Waals surface area contributed by atoms with Crippen LogP contribution in [0, 0.1) is 5.92 Å². The third kappa shape index (κ3) is 1.63. The first-order chi connectivity index (χ1) is 9.66. The zero-order chi connectivity index (χ0) is 13.7. The first-order valence-electron chi connectivity index (χ1n) is 6.52. The van der Waals surface area contributed by atoms with E-state index in [-0.39, 0.29) is 11.8 Å². The van der Waals surface area contributed by atoms with Gasteiger partial charge < -0.3 is 9.63 Å². The number of fused-ring (bicyclic) bond motifs is 1. The summed E-state index contributed by atoms with van der Waals surface area (Å²) in [5, 5.41) is 18.6. The minimum Gasteiger partial charge on any atom is -0.380 e. The van der Waals surface area contributed by atoms with E-state index in [4.69, 9.17) is 4.52 Å². The molecule has 3 heterocycles. The summed E-state index contributed by atoms with van der Waals surface area (Å²) in [6.45, 7) is 1.72. The van der Waals surface area contributed by atoms with Crippen molar-refractivity contribution >= 4 is 5.65 Å². The van der Waals surface area contributed by atoms with Gasteiger partial charge in [0.05, 0.1) is 6.20 Å². The highest BCUT2D eigenvalue weighted by atomic mass is 16.5. The summed E-state index contributed by atoms with van der Waals surface area (Å²) in [7, 11) is 0. The molecule has 0 saturated heterocycles. The second kappa shape index (κ2) is 3.86. The van der Waals surface area contributed by atoms with Crippen LogP contribution in [-0.2, 0) is 5.60 Å². The fraction of sp³-hybridized carbons (Fsp3) is 0.385. The molecule has 1 fully saturated rings. The largest absolute Gasteiger partial charge is 0.380 e. The molecule has 1 aliphatic carbocycles. The number of rotatable bonds is 3. The molecule has 1 unspecified atom stereocenters. The SMILES string of the molecule is CC(O)(c1nc(-c2ccnc3ccnn23)no1)C1CC1. The van der Waals surface area contributed by atoms with Crippen molar-refractivity contribution in [1.82, 2.24) is 24.7 Å². The number of nitrogens with zero attached hydrogens (tertiary/aromatic N) is 5. The van der Waals surface area contributed by atoms with Crippen LogP contribution >= 0.6 is 0 Å². The van der Waals surface area contributed by atoms with Gasteiger partial charge in [-0.25, -0.2) is 9.50 Å². The van der Waals surface area contributed by atoms with E-state index in [0.29, 0.717) is 17.2 Å². The number of aromatic nitrogens is 5. The number of aliphatic hydroxyl groups is 1. The molecule has 102 valence electrons. The zero-order valence-corrected chi connectivity index (χ0v) is 10.9. The van der Waals surface area contributed by atoms with Crippen LogP contribution in [0.2, 0.25) is 0 Å². The molecule has 20 heavy (non-hydrogen) atoms. The predicted octanol–water partition coefficient (Wildman–Crippen LogP) is 1.40. The average molecular weight is 271 g/mol. The molecule has 7 heteroatoms. The predicted molar refractivity (Wildman–Crippen MR) is 68.6 cm³/mol. The molecule has 1 atom stereocenters. The van der Waals surface area contributed by atoms with Crippen molar-refractivity contribution in [3.63, 3.8) is 0 Å². The van der Waals surface area contributed by atoms with Gasteiger partial charge in [0, 0.05) is 12.3 Å². The summed E-state index contributed by atoms with van der Waals surface area (Å²) in [6, 6.07) is 3.56. The van der Waals surface area contributed by atoms with E-state index < -0.39 is 5.60 Å². The van der Waals surface area contributed by atoms with Crippen LogP contribution in [0.5, 0.6) is 0 Å². The maximum absolute atomic E-state index is 10.4. The lowest BCUT2D eigenvalue weighted by Crippen LogP contribution is -2.24. The van der Waals surface area contributed by atoms with E-state index >= 15 is 0 Å². The van der Waals surface area contributed by atoms with Crippen LogP contribution in [0.25, 0.3) is 17.2 Å². The Morgan fingerprint density at radius 2 is 2.20 bits per heavy atom. The molecular weight excluding hydrogens is 258 g/mol. The molecule has 0 spiro atoms. The molecule has 0 aromatic carbocycles. The molecule has 4 rings (SSSR count). The highest BCUT2D eigenvalue weighted by Gasteiger charge is 2.45. The number of hydrogen-bond donors (Lipinski definition) is 1. The quantitative estimate of drug-likeness (QED) is 0.774. The van der Waals surface area contributed by atoms with Crippen LogP contribution in [0.15, 0.2) is 29.0 Å². The van der Waals surface area contributed by atoms with Gasteiger partial charge in [0.15, 0.2) is 5.65 Å². The summed E-state index contributed by atoms with van der Waals surface area (Å²) >= 11 is 0. The molecule has 1 aliphatic rings. The van der Waals surface area contributed by atoms with E-state index in [2.05, 4.69) is 20.2 Å². The molecule has 1 N–H and O–H groups in total. The van der Waals surface area contributed by atoms with Gasteiger partial charge in [-0.1, -0.05) is 5.16 Å². The van der Waals surface area contributed by atoms with Gasteiger partial charge in [-0.3, -0.25) is 0 Å². The summed E-state index contributed by atoms with van der Waals surface area (Å²) < 4.78 is 6.88. The van der Waals surface area contributed by atoms with Gasteiger partial charge in [-0.2, -0.15) is 10.1 Å². The van der Waals surface area contributed by atoms with Gasteiger partial charge in [0.25, 0.3) is 5.89 Å². The third-order valence-corrected chi connectivity index (χ3v) is 3.75. The Morgan fingerprint density at radius 3 is 3.00 bits per heavy atom. The first kappa shape index (κ1) is 11.5. The van der Waals surface area contributed by atoms with Crippen molar-refractivity contribution in [2.24, 2.45) is 5.92 Å². The molecule has 1 saturated carbocycles. The molecule has 0 aliphatic heterocycles. The molecule has 7 nitrogen and oxygen atoms in total. The summed E-state index contributed by atoms with van der Waals surface area (Å²) in [6.07, 6.45) is 5.31. The van der Waals surface area contributed by atoms with E-state index in [1.54, 1.807) is 36.0 Å². The van der Waals surface area contributed by atoms with Gasteiger partial charge >= 0.3 is 0 Å². The van der Waals surface area contributed by atoms with Gasteiger partial charge in [-0.15, -0.1) is 0 Å². The maximum atomic E-state index is 10.4. The lowest BCUT2D eigenvalue weighted by Gasteiger charge is -2.16. The molecule has 0 amide bonds. The summed E-state index contributed by atoms with van der Waals surface area (Å²) in [5.41, 5.74) is 0.339. The second-order valence-electron chi connectivity index (χ2n) is 5.28. The standard InChI is InChI=1S/C13H13N5O2/c1-13(19,8-2-3-8)12-16-11(17-20-12)9-4-6-14-10-5-7-15-18(9)10/h4-8,19H,2-3H2,1H3. The normalized spacial score (nSPS) is 18.3. The fourth-order valence-electron chi connectivity index (χ4n) is 2.36. The monoisotopic (exact) mass is 271 g/mol. The van der Waals surface area contributed by atoms with Crippen molar-refractivity contribution in [3.8, 4) is 11.5 Å². The van der Waals surface area contributed by atoms with Gasteiger partial charge in [0.1, 0.15) is 11.3 Å². The lowest BCUT2D eigenvalue weighted by atomic mass is 10.0. The van der Waals surface area contributed by atoms with Crippen LogP contribution < -0.4 is 0 Å². The lowest BCUT2D eigenvalue weighted by molar-refractivity contribution is 0.000916. The smallest absolute Gasteiger partial charge is 0.258 e. The Balaban J connectivity index is 1.80.